The van der Waals surface area contributed by atoms with Gasteiger partial charge in [-0.2, -0.15) is 4.98 Å². The maximum Gasteiger partial charge on any atom is 0.341 e. The molecule has 0 spiro atoms. The maximum atomic E-state index is 14.9. The minimum Gasteiger partial charge on any atom is -0.479 e. The Morgan fingerprint density at radius 3 is 2.44 bits per heavy atom. The summed E-state index contributed by atoms with van der Waals surface area (Å²) < 4.78 is 49.1. The lowest BCUT2D eigenvalue weighted by molar-refractivity contribution is 0.0695. The number of methoxy groups -OCH3 is 1. The first-order valence-corrected chi connectivity index (χ1v) is 9.52. The van der Waals surface area contributed by atoms with Crippen molar-refractivity contribution in [2.24, 2.45) is 11.7 Å². The van der Waals surface area contributed by atoms with Crippen molar-refractivity contribution in [2.45, 2.75) is 13.0 Å². The van der Waals surface area contributed by atoms with Crippen LogP contribution in [0, 0.1) is 23.4 Å². The number of carbonyl (C=O) groups is 1. The number of rotatable bonds is 4. The van der Waals surface area contributed by atoms with Crippen LogP contribution in [-0.4, -0.2) is 51.9 Å². The quantitative estimate of drug-likeness (QED) is 0.617. The number of hydrogen-bond acceptors (Lipinski definition) is 7. The highest BCUT2D eigenvalue weighted by Gasteiger charge is 2.30. The summed E-state index contributed by atoms with van der Waals surface area (Å²) >= 11 is 0. The molecule has 0 amide bonds. The van der Waals surface area contributed by atoms with Gasteiger partial charge in [0.25, 0.3) is 5.88 Å². The minimum atomic E-state index is -1.62. The number of nitrogens with zero attached hydrogens (tertiary/aromatic N) is 4. The molecule has 168 valence electrons. The molecule has 3 N–H and O–H groups in total. The number of pyridine rings is 3. The van der Waals surface area contributed by atoms with E-state index in [1.807, 2.05) is 6.92 Å². The van der Waals surface area contributed by atoms with Crippen LogP contribution in [0.1, 0.15) is 17.3 Å². The van der Waals surface area contributed by atoms with E-state index < -0.39 is 51.5 Å². The van der Waals surface area contributed by atoms with Crippen LogP contribution in [0.4, 0.5) is 19.0 Å². The molecule has 0 bridgehead atoms. The molecule has 1 aliphatic rings. The van der Waals surface area contributed by atoms with Crippen molar-refractivity contribution < 1.29 is 27.8 Å². The number of anilines is 1. The Labute approximate surface area is 178 Å². The summed E-state index contributed by atoms with van der Waals surface area (Å²) in [7, 11) is 1.11. The van der Waals surface area contributed by atoms with Crippen molar-refractivity contribution in [1.29, 1.82) is 0 Å². The number of carboxylic acids is 1. The van der Waals surface area contributed by atoms with Gasteiger partial charge >= 0.3 is 5.97 Å². The molecule has 4 rings (SSSR count). The van der Waals surface area contributed by atoms with Gasteiger partial charge in [0.1, 0.15) is 5.56 Å². The maximum absolute atomic E-state index is 14.9. The molecule has 0 aromatic carbocycles. The second-order valence-electron chi connectivity index (χ2n) is 7.54. The number of halogens is 3. The van der Waals surface area contributed by atoms with E-state index in [2.05, 4.69) is 9.97 Å². The fourth-order valence-electron chi connectivity index (χ4n) is 3.67. The third-order valence-electron chi connectivity index (χ3n) is 5.41. The van der Waals surface area contributed by atoms with Crippen LogP contribution >= 0.6 is 0 Å². The summed E-state index contributed by atoms with van der Waals surface area (Å²) in [5.74, 6) is -5.98. The van der Waals surface area contributed by atoms with Crippen molar-refractivity contribution in [3.63, 3.8) is 0 Å². The van der Waals surface area contributed by atoms with Crippen LogP contribution in [0.3, 0.4) is 0 Å². The summed E-state index contributed by atoms with van der Waals surface area (Å²) in [5, 5.41) is 9.01. The molecule has 12 heteroatoms. The first kappa shape index (κ1) is 21.6. The molecule has 4 heterocycles. The second kappa shape index (κ2) is 7.79. The Morgan fingerprint density at radius 2 is 1.84 bits per heavy atom. The summed E-state index contributed by atoms with van der Waals surface area (Å²) in [6.45, 7) is 2.58. The van der Waals surface area contributed by atoms with E-state index in [1.54, 1.807) is 4.90 Å². The summed E-state index contributed by atoms with van der Waals surface area (Å²) in [4.78, 5) is 33.8. The Balaban J connectivity index is 2.05. The number of ether oxygens (including phenoxy) is 1. The fourth-order valence-corrected chi connectivity index (χ4v) is 3.67. The standard InChI is InChI=1S/C20H18F3N5O4/c1-8-5-27(7-14(8)24)17-11(21)3-9-15(29)10(20(30)31)6-28(16(9)25-17)18-12(22)4-13(23)19(26-18)32-2/h3-4,6,8,14H,5,7,24H2,1-2H3,(H,30,31)/t8-,14+/m0/s1. The highest BCUT2D eigenvalue weighted by Crippen LogP contribution is 2.28. The Hall–Kier alpha value is -3.67. The summed E-state index contributed by atoms with van der Waals surface area (Å²) in [6, 6.07) is 1.11. The SMILES string of the molecule is COc1nc(-n2cc(C(=O)O)c(=O)c3cc(F)c(N4C[C@@H](N)[C@@H](C)C4)nc32)c(F)cc1F. The normalized spacial score (nSPS) is 18.4. The van der Waals surface area contributed by atoms with Gasteiger partial charge in [0.2, 0.25) is 5.43 Å². The molecule has 2 atom stereocenters. The van der Waals surface area contributed by atoms with Crippen molar-refractivity contribution in [3.8, 4) is 11.7 Å². The molecule has 3 aromatic rings. The van der Waals surface area contributed by atoms with Crippen LogP contribution in [0.15, 0.2) is 23.1 Å². The lowest BCUT2D eigenvalue weighted by Gasteiger charge is -2.20. The zero-order valence-electron chi connectivity index (χ0n) is 17.0. The van der Waals surface area contributed by atoms with Crippen LogP contribution in [0.2, 0.25) is 0 Å². The van der Waals surface area contributed by atoms with Crippen molar-refractivity contribution in [1.82, 2.24) is 14.5 Å². The zero-order chi connectivity index (χ0) is 23.3. The molecule has 0 unspecified atom stereocenters. The van der Waals surface area contributed by atoms with E-state index in [0.717, 1.165) is 23.9 Å². The van der Waals surface area contributed by atoms with E-state index in [4.69, 9.17) is 10.5 Å². The van der Waals surface area contributed by atoms with Crippen LogP contribution in [0.5, 0.6) is 5.88 Å². The zero-order valence-corrected chi connectivity index (χ0v) is 17.0. The van der Waals surface area contributed by atoms with Crippen molar-refractivity contribution >= 4 is 22.8 Å². The largest absolute Gasteiger partial charge is 0.479 e. The topological polar surface area (TPSA) is 124 Å². The summed E-state index contributed by atoms with van der Waals surface area (Å²) in [5.41, 5.74) is 3.97. The average molecular weight is 449 g/mol. The van der Waals surface area contributed by atoms with E-state index in [-0.39, 0.29) is 23.4 Å². The summed E-state index contributed by atoms with van der Waals surface area (Å²) in [6.07, 6.45) is 0.808. The molecule has 3 aromatic heterocycles. The Morgan fingerprint density at radius 1 is 1.16 bits per heavy atom. The molecule has 1 aliphatic heterocycles. The van der Waals surface area contributed by atoms with Crippen molar-refractivity contribution in [3.05, 3.63) is 51.6 Å². The Bertz CT molecular complexity index is 1300. The predicted molar refractivity (Wildman–Crippen MR) is 108 cm³/mol. The molecule has 1 fully saturated rings. The van der Waals surface area contributed by atoms with E-state index in [9.17, 15) is 27.9 Å². The van der Waals surface area contributed by atoms with E-state index >= 15 is 0 Å². The average Bonchev–Trinajstić information content (AvgIpc) is 3.07. The van der Waals surface area contributed by atoms with Gasteiger partial charge in [0, 0.05) is 31.4 Å². The highest BCUT2D eigenvalue weighted by atomic mass is 19.1. The molecule has 32 heavy (non-hydrogen) atoms. The van der Waals surface area contributed by atoms with Gasteiger partial charge in [0.15, 0.2) is 34.7 Å². The van der Waals surface area contributed by atoms with Gasteiger partial charge < -0.3 is 20.5 Å². The fraction of sp³-hybridized carbons (Fsp3) is 0.300. The van der Waals surface area contributed by atoms with E-state index in [0.29, 0.717) is 19.2 Å². The number of fused-ring (bicyclic) bond motifs is 1. The predicted octanol–water partition coefficient (Wildman–Crippen LogP) is 1.69. The number of carboxylic acid groups (broad SMARTS) is 1. The third-order valence-corrected chi connectivity index (χ3v) is 5.41. The number of hydrogen-bond donors (Lipinski definition) is 2. The number of nitrogens with two attached hydrogens (primary N) is 1. The van der Waals surface area contributed by atoms with Gasteiger partial charge in [-0.05, 0) is 12.0 Å². The molecule has 9 nitrogen and oxygen atoms in total. The lowest BCUT2D eigenvalue weighted by atomic mass is 10.1. The van der Waals surface area contributed by atoms with Gasteiger partial charge in [-0.15, -0.1) is 0 Å². The highest BCUT2D eigenvalue weighted by molar-refractivity contribution is 5.92. The molecule has 0 saturated carbocycles. The first-order chi connectivity index (χ1) is 15.1. The lowest BCUT2D eigenvalue weighted by Crippen LogP contribution is -2.29. The van der Waals surface area contributed by atoms with Gasteiger partial charge in [-0.25, -0.2) is 22.9 Å². The van der Waals surface area contributed by atoms with Crippen molar-refractivity contribution in [2.75, 3.05) is 25.1 Å². The van der Waals surface area contributed by atoms with Crippen LogP contribution in [-0.2, 0) is 0 Å². The molecular weight excluding hydrogens is 431 g/mol. The number of aromatic carboxylic acids is 1. The van der Waals surface area contributed by atoms with Gasteiger partial charge in [-0.3, -0.25) is 9.36 Å². The van der Waals surface area contributed by atoms with Gasteiger partial charge in [0.05, 0.1) is 12.5 Å². The second-order valence-corrected chi connectivity index (χ2v) is 7.54. The van der Waals surface area contributed by atoms with Gasteiger partial charge in [-0.1, -0.05) is 6.92 Å². The Kier molecular flexibility index (Phi) is 5.25. The number of aromatic nitrogens is 3. The molecule has 0 radical (unpaired) electrons. The van der Waals surface area contributed by atoms with Crippen LogP contribution in [0.25, 0.3) is 16.9 Å². The van der Waals surface area contributed by atoms with Crippen LogP contribution < -0.4 is 20.8 Å². The minimum absolute atomic E-state index is 0.0453. The molecular formula is C20H18F3N5O4. The molecule has 0 aliphatic carbocycles. The first-order valence-electron chi connectivity index (χ1n) is 9.52. The molecule has 1 saturated heterocycles. The monoisotopic (exact) mass is 449 g/mol. The third kappa shape index (κ3) is 3.42. The van der Waals surface area contributed by atoms with E-state index in [1.165, 1.54) is 0 Å². The smallest absolute Gasteiger partial charge is 0.341 e.